The van der Waals surface area contributed by atoms with Gasteiger partial charge in [0, 0.05) is 10.9 Å². The van der Waals surface area contributed by atoms with Crippen LogP contribution in [0.15, 0.2) is 12.1 Å². The van der Waals surface area contributed by atoms with E-state index in [-0.39, 0.29) is 0 Å². The van der Waals surface area contributed by atoms with Gasteiger partial charge in [-0.15, -0.1) is 11.3 Å². The van der Waals surface area contributed by atoms with Gasteiger partial charge in [0.25, 0.3) is 0 Å². The predicted molar refractivity (Wildman–Crippen MR) is 74.4 cm³/mol. The zero-order valence-electron chi connectivity index (χ0n) is 10.4. The minimum atomic E-state index is 0.479. The Hall–Kier alpha value is -0.0500. The molecule has 0 saturated heterocycles. The molecule has 1 heterocycles. The zero-order chi connectivity index (χ0) is 12.0. The fraction of sp³-hybridized carbons (Fsp3) is 0.692. The van der Waals surface area contributed by atoms with E-state index in [0.717, 1.165) is 16.8 Å². The van der Waals surface area contributed by atoms with E-state index < -0.39 is 0 Å². The van der Waals surface area contributed by atoms with Crippen molar-refractivity contribution in [2.75, 3.05) is 6.54 Å². The van der Waals surface area contributed by atoms with Gasteiger partial charge in [0.05, 0.1) is 4.34 Å². The highest BCUT2D eigenvalue weighted by atomic mass is 35.5. The number of halogens is 1. The van der Waals surface area contributed by atoms with Crippen LogP contribution in [0.25, 0.3) is 0 Å². The molecule has 92 valence electrons. The molecule has 1 rings (SSSR count). The van der Waals surface area contributed by atoms with E-state index in [2.05, 4.69) is 32.2 Å². The zero-order valence-corrected chi connectivity index (χ0v) is 12.0. The van der Waals surface area contributed by atoms with E-state index in [4.69, 9.17) is 11.6 Å². The minimum absolute atomic E-state index is 0.479. The van der Waals surface area contributed by atoms with Gasteiger partial charge in [-0.1, -0.05) is 38.8 Å². The number of nitrogens with one attached hydrogen (secondary N) is 1. The second kappa shape index (κ2) is 7.31. The van der Waals surface area contributed by atoms with Crippen LogP contribution in [0.5, 0.6) is 0 Å². The van der Waals surface area contributed by atoms with Crippen LogP contribution in [-0.4, -0.2) is 6.54 Å². The van der Waals surface area contributed by atoms with E-state index in [1.165, 1.54) is 24.1 Å². The van der Waals surface area contributed by atoms with Crippen molar-refractivity contribution < 1.29 is 0 Å². The van der Waals surface area contributed by atoms with Gasteiger partial charge < -0.3 is 5.32 Å². The van der Waals surface area contributed by atoms with Gasteiger partial charge in [-0.3, -0.25) is 0 Å². The first kappa shape index (κ1) is 14.0. The fourth-order valence-electron chi connectivity index (χ4n) is 1.70. The summed E-state index contributed by atoms with van der Waals surface area (Å²) in [6.45, 7) is 7.85. The normalized spacial score (nSPS) is 15.0. The molecule has 0 amide bonds. The molecule has 0 fully saturated rings. The summed E-state index contributed by atoms with van der Waals surface area (Å²) in [6, 6.07) is 4.63. The molecule has 1 nitrogen and oxygen atoms in total. The number of rotatable bonds is 7. The number of thiophene rings is 1. The number of hydrogen-bond acceptors (Lipinski definition) is 2. The average molecular weight is 260 g/mol. The van der Waals surface area contributed by atoms with Crippen molar-refractivity contribution in [3.63, 3.8) is 0 Å². The lowest BCUT2D eigenvalue weighted by atomic mass is 9.98. The summed E-state index contributed by atoms with van der Waals surface area (Å²) in [6.07, 6.45) is 3.62. The van der Waals surface area contributed by atoms with Crippen LogP contribution < -0.4 is 5.32 Å². The van der Waals surface area contributed by atoms with Gasteiger partial charge in [-0.25, -0.2) is 0 Å². The summed E-state index contributed by atoms with van der Waals surface area (Å²) in [4.78, 5) is 1.37. The molecule has 0 bridgehead atoms. The van der Waals surface area contributed by atoms with Gasteiger partial charge >= 0.3 is 0 Å². The standard InChI is InChI=1S/C13H22ClNS/c1-4-8-15-11(9-10(3)5-2)12-6-7-13(14)16-12/h6-7,10-11,15H,4-5,8-9H2,1-3H3. The Balaban J connectivity index is 2.62. The largest absolute Gasteiger partial charge is 0.309 e. The molecule has 2 unspecified atom stereocenters. The average Bonchev–Trinajstić information content (AvgIpc) is 2.70. The van der Waals surface area contributed by atoms with Crippen LogP contribution in [-0.2, 0) is 0 Å². The number of hydrogen-bond donors (Lipinski definition) is 1. The lowest BCUT2D eigenvalue weighted by Crippen LogP contribution is -2.23. The van der Waals surface area contributed by atoms with Crippen LogP contribution in [0.1, 0.15) is 51.0 Å². The molecule has 0 spiro atoms. The second-order valence-electron chi connectivity index (χ2n) is 4.40. The topological polar surface area (TPSA) is 12.0 Å². The van der Waals surface area contributed by atoms with Crippen molar-refractivity contribution in [1.29, 1.82) is 0 Å². The Morgan fingerprint density at radius 3 is 2.62 bits per heavy atom. The van der Waals surface area contributed by atoms with Crippen LogP contribution >= 0.6 is 22.9 Å². The van der Waals surface area contributed by atoms with E-state index in [9.17, 15) is 0 Å². The van der Waals surface area contributed by atoms with Gasteiger partial charge in [-0.2, -0.15) is 0 Å². The molecule has 0 aliphatic rings. The van der Waals surface area contributed by atoms with Gasteiger partial charge in [-0.05, 0) is 37.4 Å². The Morgan fingerprint density at radius 1 is 1.38 bits per heavy atom. The van der Waals surface area contributed by atoms with Crippen molar-refractivity contribution in [3.05, 3.63) is 21.3 Å². The summed E-state index contributed by atoms with van der Waals surface area (Å²) in [5.41, 5.74) is 0. The fourth-order valence-corrected chi connectivity index (χ4v) is 2.85. The first-order valence-corrected chi connectivity index (χ1v) is 7.35. The van der Waals surface area contributed by atoms with Crippen molar-refractivity contribution in [3.8, 4) is 0 Å². The maximum absolute atomic E-state index is 6.00. The molecule has 16 heavy (non-hydrogen) atoms. The SMILES string of the molecule is CCCNC(CC(C)CC)c1ccc(Cl)s1. The third kappa shape index (κ3) is 4.44. The van der Waals surface area contributed by atoms with E-state index in [1.54, 1.807) is 11.3 Å². The Kier molecular flexibility index (Phi) is 6.40. The maximum Gasteiger partial charge on any atom is 0.0931 e. The Bertz CT molecular complexity index is 298. The highest BCUT2D eigenvalue weighted by Gasteiger charge is 2.15. The highest BCUT2D eigenvalue weighted by Crippen LogP contribution is 2.31. The first-order chi connectivity index (χ1) is 7.67. The summed E-state index contributed by atoms with van der Waals surface area (Å²) < 4.78 is 0.891. The lowest BCUT2D eigenvalue weighted by molar-refractivity contribution is 0.406. The summed E-state index contributed by atoms with van der Waals surface area (Å²) in [5.74, 6) is 0.759. The maximum atomic E-state index is 6.00. The Labute approximate surface area is 108 Å². The van der Waals surface area contributed by atoms with Crippen LogP contribution in [0.3, 0.4) is 0 Å². The molecule has 1 N–H and O–H groups in total. The lowest BCUT2D eigenvalue weighted by Gasteiger charge is -2.20. The van der Waals surface area contributed by atoms with Crippen molar-refractivity contribution in [2.24, 2.45) is 5.92 Å². The van der Waals surface area contributed by atoms with Gasteiger partial charge in [0.1, 0.15) is 0 Å². The molecule has 0 aromatic carbocycles. The summed E-state index contributed by atoms with van der Waals surface area (Å²) >= 11 is 7.70. The molecular weight excluding hydrogens is 238 g/mol. The van der Waals surface area contributed by atoms with Crippen LogP contribution in [0, 0.1) is 5.92 Å². The molecule has 0 aliphatic heterocycles. The minimum Gasteiger partial charge on any atom is -0.309 e. The van der Waals surface area contributed by atoms with Crippen molar-refractivity contribution in [1.82, 2.24) is 5.32 Å². The van der Waals surface area contributed by atoms with Crippen LogP contribution in [0.2, 0.25) is 4.34 Å². The summed E-state index contributed by atoms with van der Waals surface area (Å²) in [5, 5.41) is 3.62. The summed E-state index contributed by atoms with van der Waals surface area (Å²) in [7, 11) is 0. The highest BCUT2D eigenvalue weighted by molar-refractivity contribution is 7.16. The molecule has 1 aromatic rings. The smallest absolute Gasteiger partial charge is 0.0931 e. The Morgan fingerprint density at radius 2 is 2.12 bits per heavy atom. The van der Waals surface area contributed by atoms with E-state index >= 15 is 0 Å². The molecule has 0 aliphatic carbocycles. The molecular formula is C13H22ClNS. The third-order valence-electron chi connectivity index (χ3n) is 2.91. The van der Waals surface area contributed by atoms with Crippen molar-refractivity contribution >= 4 is 22.9 Å². The molecule has 1 aromatic heterocycles. The van der Waals surface area contributed by atoms with E-state index in [1.807, 2.05) is 6.07 Å². The quantitative estimate of drug-likeness (QED) is 0.736. The molecule has 2 atom stereocenters. The first-order valence-electron chi connectivity index (χ1n) is 6.16. The molecule has 0 radical (unpaired) electrons. The van der Waals surface area contributed by atoms with Gasteiger partial charge in [0.2, 0.25) is 0 Å². The predicted octanol–water partition coefficient (Wildman–Crippen LogP) is 4.88. The molecule has 3 heteroatoms. The van der Waals surface area contributed by atoms with Gasteiger partial charge in [0.15, 0.2) is 0 Å². The van der Waals surface area contributed by atoms with Crippen molar-refractivity contribution in [2.45, 2.75) is 46.1 Å². The van der Waals surface area contributed by atoms with E-state index in [0.29, 0.717) is 6.04 Å². The molecule has 0 saturated carbocycles. The third-order valence-corrected chi connectivity index (χ3v) is 4.26. The second-order valence-corrected chi connectivity index (χ2v) is 6.14. The van der Waals surface area contributed by atoms with Crippen LogP contribution in [0.4, 0.5) is 0 Å². The monoisotopic (exact) mass is 259 g/mol.